The molecule has 1 atom stereocenters. The minimum atomic E-state index is -0.421. The Morgan fingerprint density at radius 2 is 2.25 bits per heavy atom. The van der Waals surface area contributed by atoms with Crippen molar-refractivity contribution in [1.82, 2.24) is 0 Å². The number of aryl methyl sites for hydroxylation is 1. The molecule has 0 spiro atoms. The second-order valence-corrected chi connectivity index (χ2v) is 7.37. The number of rotatable bonds is 3. The number of thiophene rings is 1. The van der Waals surface area contributed by atoms with E-state index in [2.05, 4.69) is 21.2 Å². The molecule has 3 rings (SSSR count). The van der Waals surface area contributed by atoms with Crippen LogP contribution >= 0.6 is 27.3 Å². The maximum Gasteiger partial charge on any atom is 0.230 e. The van der Waals surface area contributed by atoms with Gasteiger partial charge in [0.2, 0.25) is 11.8 Å². The lowest BCUT2D eigenvalue weighted by atomic mass is 10.1. The van der Waals surface area contributed by atoms with Crippen LogP contribution in [0.15, 0.2) is 34.1 Å². The van der Waals surface area contributed by atoms with E-state index in [0.717, 1.165) is 15.7 Å². The average Bonchev–Trinajstić information content (AvgIpc) is 3.16. The third-order valence-electron chi connectivity index (χ3n) is 3.97. The van der Waals surface area contributed by atoms with Crippen molar-refractivity contribution in [3.8, 4) is 6.07 Å². The van der Waals surface area contributed by atoms with Gasteiger partial charge in [0.25, 0.3) is 0 Å². The number of carbonyl (C=O) groups is 2. The summed E-state index contributed by atoms with van der Waals surface area (Å²) in [6.45, 7) is 2.30. The first-order valence-corrected chi connectivity index (χ1v) is 9.02. The summed E-state index contributed by atoms with van der Waals surface area (Å²) in [4.78, 5) is 26.4. The van der Waals surface area contributed by atoms with Gasteiger partial charge in [0, 0.05) is 23.1 Å². The lowest BCUT2D eigenvalue weighted by Crippen LogP contribution is -2.28. The normalized spacial score (nSPS) is 17.0. The monoisotopic (exact) mass is 403 g/mol. The first-order valence-electron chi connectivity index (χ1n) is 7.34. The zero-order chi connectivity index (χ0) is 17.3. The molecular formula is C17H14BrN3O2S. The quantitative estimate of drug-likeness (QED) is 0.848. The highest BCUT2D eigenvalue weighted by atomic mass is 79.9. The molecule has 1 aliphatic rings. The van der Waals surface area contributed by atoms with Gasteiger partial charge in [-0.1, -0.05) is 15.9 Å². The summed E-state index contributed by atoms with van der Waals surface area (Å²) < 4.78 is 0.980. The smallest absolute Gasteiger partial charge is 0.230 e. The molecule has 122 valence electrons. The molecule has 5 nitrogen and oxygen atoms in total. The Morgan fingerprint density at radius 3 is 2.96 bits per heavy atom. The van der Waals surface area contributed by atoms with Gasteiger partial charge >= 0.3 is 0 Å². The molecule has 2 aromatic rings. The van der Waals surface area contributed by atoms with E-state index in [-0.39, 0.29) is 18.2 Å². The minimum absolute atomic E-state index is 0.0661. The fourth-order valence-electron chi connectivity index (χ4n) is 2.64. The number of carbonyl (C=O) groups excluding carboxylic acids is 2. The second kappa shape index (κ2) is 6.75. The van der Waals surface area contributed by atoms with Crippen molar-refractivity contribution < 1.29 is 9.59 Å². The second-order valence-electron chi connectivity index (χ2n) is 5.60. The van der Waals surface area contributed by atoms with Gasteiger partial charge < -0.3 is 10.2 Å². The van der Waals surface area contributed by atoms with Crippen LogP contribution in [0.4, 0.5) is 10.7 Å². The van der Waals surface area contributed by atoms with E-state index in [1.54, 1.807) is 16.3 Å². The lowest BCUT2D eigenvalue weighted by molar-refractivity contribution is -0.122. The molecule has 2 heterocycles. The van der Waals surface area contributed by atoms with Crippen LogP contribution in [-0.4, -0.2) is 18.4 Å². The molecular weight excluding hydrogens is 390 g/mol. The summed E-state index contributed by atoms with van der Waals surface area (Å²) in [7, 11) is 0. The summed E-state index contributed by atoms with van der Waals surface area (Å²) in [5, 5.41) is 14.1. The Hall–Kier alpha value is -2.17. The van der Waals surface area contributed by atoms with E-state index < -0.39 is 5.92 Å². The topological polar surface area (TPSA) is 73.2 Å². The fraction of sp³-hybridized carbons (Fsp3) is 0.235. The standard InChI is InChI=1S/C17H14BrN3O2S/c1-10-6-13(2-3-14(10)18)21-9-12(7-15(21)22)16(23)20-17-11(8-19)4-5-24-17/h2-6,12H,7,9H2,1H3,(H,20,23)/t12-/m0/s1. The molecule has 2 amide bonds. The van der Waals surface area contributed by atoms with Crippen molar-refractivity contribution in [1.29, 1.82) is 5.26 Å². The number of anilines is 2. The van der Waals surface area contributed by atoms with Gasteiger partial charge in [-0.2, -0.15) is 5.26 Å². The molecule has 1 aliphatic heterocycles. The molecule has 1 N–H and O–H groups in total. The van der Waals surface area contributed by atoms with Crippen LogP contribution in [0, 0.1) is 24.2 Å². The maximum atomic E-state index is 12.4. The summed E-state index contributed by atoms with van der Waals surface area (Å²) in [5.41, 5.74) is 2.27. The number of hydrogen-bond acceptors (Lipinski definition) is 4. The molecule has 1 aromatic heterocycles. The van der Waals surface area contributed by atoms with Gasteiger partial charge in [0.05, 0.1) is 11.5 Å². The summed E-state index contributed by atoms with van der Waals surface area (Å²) >= 11 is 4.75. The molecule has 7 heteroatoms. The lowest BCUT2D eigenvalue weighted by Gasteiger charge is -2.17. The molecule has 0 radical (unpaired) electrons. The Bertz CT molecular complexity index is 856. The van der Waals surface area contributed by atoms with E-state index in [4.69, 9.17) is 5.26 Å². The number of amides is 2. The Balaban J connectivity index is 1.73. The largest absolute Gasteiger partial charge is 0.316 e. The van der Waals surface area contributed by atoms with Crippen LogP contribution in [-0.2, 0) is 9.59 Å². The van der Waals surface area contributed by atoms with Gasteiger partial charge in [-0.05, 0) is 42.1 Å². The van der Waals surface area contributed by atoms with E-state index in [1.165, 1.54) is 11.3 Å². The van der Waals surface area contributed by atoms with Gasteiger partial charge in [-0.15, -0.1) is 11.3 Å². The van der Waals surface area contributed by atoms with Gasteiger partial charge in [0.1, 0.15) is 11.1 Å². The summed E-state index contributed by atoms with van der Waals surface area (Å²) in [6.07, 6.45) is 0.175. The Morgan fingerprint density at radius 1 is 1.46 bits per heavy atom. The molecule has 1 saturated heterocycles. The van der Waals surface area contributed by atoms with E-state index >= 15 is 0 Å². The van der Waals surface area contributed by atoms with Crippen molar-refractivity contribution >= 4 is 49.8 Å². The van der Waals surface area contributed by atoms with Crippen LogP contribution in [0.2, 0.25) is 0 Å². The SMILES string of the molecule is Cc1cc(N2C[C@@H](C(=O)Nc3sccc3C#N)CC2=O)ccc1Br. The van der Waals surface area contributed by atoms with Crippen LogP contribution in [0.25, 0.3) is 0 Å². The van der Waals surface area contributed by atoms with Crippen LogP contribution in [0.5, 0.6) is 0 Å². The van der Waals surface area contributed by atoms with E-state index in [0.29, 0.717) is 17.1 Å². The molecule has 0 saturated carbocycles. The number of hydrogen-bond donors (Lipinski definition) is 1. The van der Waals surface area contributed by atoms with Crippen LogP contribution < -0.4 is 10.2 Å². The van der Waals surface area contributed by atoms with Gasteiger partial charge in [-0.25, -0.2) is 0 Å². The zero-order valence-corrected chi connectivity index (χ0v) is 15.3. The maximum absolute atomic E-state index is 12.4. The minimum Gasteiger partial charge on any atom is -0.316 e. The molecule has 0 unspecified atom stereocenters. The Labute approximate surface area is 152 Å². The zero-order valence-electron chi connectivity index (χ0n) is 12.9. The molecule has 1 aromatic carbocycles. The van der Waals surface area contributed by atoms with Crippen LogP contribution in [0.1, 0.15) is 17.5 Å². The predicted octanol–water partition coefficient (Wildman–Crippen LogP) is 3.68. The highest BCUT2D eigenvalue weighted by Crippen LogP contribution is 2.30. The number of nitrogens with zero attached hydrogens (tertiary/aromatic N) is 2. The highest BCUT2D eigenvalue weighted by Gasteiger charge is 2.35. The number of nitrogens with one attached hydrogen (secondary N) is 1. The van der Waals surface area contributed by atoms with Crippen molar-refractivity contribution in [2.24, 2.45) is 5.92 Å². The predicted molar refractivity (Wildman–Crippen MR) is 97.0 cm³/mol. The molecule has 24 heavy (non-hydrogen) atoms. The van der Waals surface area contributed by atoms with Crippen molar-refractivity contribution in [2.45, 2.75) is 13.3 Å². The molecule has 0 bridgehead atoms. The average molecular weight is 404 g/mol. The first kappa shape index (κ1) is 16.7. The molecule has 1 fully saturated rings. The fourth-order valence-corrected chi connectivity index (χ4v) is 3.62. The molecule has 0 aliphatic carbocycles. The van der Waals surface area contributed by atoms with Crippen molar-refractivity contribution in [3.63, 3.8) is 0 Å². The summed E-state index contributed by atoms with van der Waals surface area (Å²) in [5.74, 6) is -0.711. The number of benzene rings is 1. The van der Waals surface area contributed by atoms with Gasteiger partial charge in [-0.3, -0.25) is 9.59 Å². The number of halogens is 1. The Kier molecular flexibility index (Phi) is 4.69. The van der Waals surface area contributed by atoms with Crippen molar-refractivity contribution in [2.75, 3.05) is 16.8 Å². The van der Waals surface area contributed by atoms with Crippen LogP contribution in [0.3, 0.4) is 0 Å². The van der Waals surface area contributed by atoms with E-state index in [1.807, 2.05) is 31.2 Å². The first-order chi connectivity index (χ1) is 11.5. The highest BCUT2D eigenvalue weighted by molar-refractivity contribution is 9.10. The number of nitriles is 1. The van der Waals surface area contributed by atoms with E-state index in [9.17, 15) is 9.59 Å². The third-order valence-corrected chi connectivity index (χ3v) is 5.69. The van der Waals surface area contributed by atoms with Crippen molar-refractivity contribution in [3.05, 3.63) is 45.2 Å². The third kappa shape index (κ3) is 3.21. The van der Waals surface area contributed by atoms with Gasteiger partial charge in [0.15, 0.2) is 0 Å². The summed E-state index contributed by atoms with van der Waals surface area (Å²) in [6, 6.07) is 9.39.